The Morgan fingerprint density at radius 3 is 2.77 bits per heavy atom. The van der Waals surface area contributed by atoms with Gasteiger partial charge in [-0.15, -0.1) is 0 Å². The molecule has 150 valence electrons. The van der Waals surface area contributed by atoms with E-state index in [1.165, 1.54) is 23.9 Å². The molecule has 0 saturated carbocycles. The van der Waals surface area contributed by atoms with E-state index in [0.29, 0.717) is 16.6 Å². The van der Waals surface area contributed by atoms with E-state index in [9.17, 15) is 14.9 Å². The molecule has 2 aromatic heterocycles. The van der Waals surface area contributed by atoms with Crippen LogP contribution >= 0.6 is 11.8 Å². The summed E-state index contributed by atoms with van der Waals surface area (Å²) in [5.74, 6) is 0.621. The molecule has 0 radical (unpaired) electrons. The van der Waals surface area contributed by atoms with Crippen molar-refractivity contribution in [2.75, 3.05) is 11.1 Å². The number of carbonyl (C=O) groups excluding carboxylic acids is 1. The molecule has 0 atom stereocenters. The second kappa shape index (κ2) is 8.34. The van der Waals surface area contributed by atoms with Crippen molar-refractivity contribution in [3.63, 3.8) is 0 Å². The highest BCUT2D eigenvalue weighted by molar-refractivity contribution is 8.00. The van der Waals surface area contributed by atoms with Crippen LogP contribution in [-0.2, 0) is 4.79 Å². The number of rotatable bonds is 6. The Balaban J connectivity index is 1.57. The van der Waals surface area contributed by atoms with Crippen molar-refractivity contribution in [1.82, 2.24) is 9.97 Å². The number of benzene rings is 2. The molecule has 2 aromatic carbocycles. The van der Waals surface area contributed by atoms with Crippen LogP contribution in [0.1, 0.15) is 5.56 Å². The van der Waals surface area contributed by atoms with E-state index in [0.717, 1.165) is 16.5 Å². The lowest BCUT2D eigenvalue weighted by Gasteiger charge is -2.09. The molecule has 2 heterocycles. The molecule has 9 heteroatoms. The first-order chi connectivity index (χ1) is 14.5. The summed E-state index contributed by atoms with van der Waals surface area (Å²) in [6.45, 7) is 1.76. The van der Waals surface area contributed by atoms with Crippen molar-refractivity contribution in [2.24, 2.45) is 0 Å². The number of amides is 1. The number of aromatic nitrogens is 2. The van der Waals surface area contributed by atoms with Gasteiger partial charge in [0.05, 0.1) is 22.5 Å². The Morgan fingerprint density at radius 1 is 1.17 bits per heavy atom. The number of thioether (sulfide) groups is 1. The minimum Gasteiger partial charge on any atom is -0.461 e. The van der Waals surface area contributed by atoms with Crippen LogP contribution in [0.2, 0.25) is 0 Å². The number of carbonyl (C=O) groups is 1. The van der Waals surface area contributed by atoms with Gasteiger partial charge < -0.3 is 9.73 Å². The monoisotopic (exact) mass is 420 g/mol. The van der Waals surface area contributed by atoms with E-state index >= 15 is 0 Å². The fourth-order valence-corrected chi connectivity index (χ4v) is 3.71. The zero-order valence-electron chi connectivity index (χ0n) is 15.9. The fourth-order valence-electron chi connectivity index (χ4n) is 2.89. The molecule has 0 aliphatic rings. The predicted octanol–water partition coefficient (Wildman–Crippen LogP) is 4.84. The van der Waals surface area contributed by atoms with E-state index in [1.54, 1.807) is 31.4 Å². The summed E-state index contributed by atoms with van der Waals surface area (Å²) in [7, 11) is 0. The summed E-state index contributed by atoms with van der Waals surface area (Å²) in [5.41, 5.74) is 1.50. The molecule has 0 bridgehead atoms. The van der Waals surface area contributed by atoms with Crippen molar-refractivity contribution in [2.45, 2.75) is 11.9 Å². The molecule has 1 amide bonds. The highest BCUT2D eigenvalue weighted by Gasteiger charge is 2.17. The van der Waals surface area contributed by atoms with Crippen LogP contribution in [-0.4, -0.2) is 26.6 Å². The number of nitrogens with zero attached hydrogens (tertiary/aromatic N) is 3. The molecule has 0 aliphatic heterocycles. The van der Waals surface area contributed by atoms with Crippen molar-refractivity contribution in [3.05, 3.63) is 76.5 Å². The van der Waals surface area contributed by atoms with Gasteiger partial charge >= 0.3 is 0 Å². The van der Waals surface area contributed by atoms with Crippen molar-refractivity contribution in [1.29, 1.82) is 0 Å². The van der Waals surface area contributed by atoms with Gasteiger partial charge in [-0.25, -0.2) is 9.97 Å². The minimum absolute atomic E-state index is 0.0314. The van der Waals surface area contributed by atoms with Crippen LogP contribution < -0.4 is 5.32 Å². The third kappa shape index (κ3) is 4.15. The number of nitro groups is 1. The summed E-state index contributed by atoms with van der Waals surface area (Å²) in [4.78, 5) is 32.3. The standard InChI is InChI=1S/C21H16N4O4S/c1-13-8-9-16(17(11-13)25(27)28)22-19(26)12-30-21-14-5-2-3-6-15(14)23-20(24-21)18-7-4-10-29-18/h2-11H,12H2,1H3,(H,22,26). The molecule has 0 unspecified atom stereocenters. The number of para-hydroxylation sites is 1. The molecule has 0 aliphatic carbocycles. The van der Waals surface area contributed by atoms with Gasteiger partial charge in [0.1, 0.15) is 10.7 Å². The molecular formula is C21H16N4O4S. The first-order valence-corrected chi connectivity index (χ1v) is 9.98. The Labute approximate surface area is 175 Å². The summed E-state index contributed by atoms with van der Waals surface area (Å²) < 4.78 is 5.40. The van der Waals surface area contributed by atoms with Crippen molar-refractivity contribution in [3.8, 4) is 11.6 Å². The summed E-state index contributed by atoms with van der Waals surface area (Å²) in [5, 5.41) is 15.3. The molecule has 0 spiro atoms. The van der Waals surface area contributed by atoms with E-state index in [-0.39, 0.29) is 23.0 Å². The number of fused-ring (bicyclic) bond motifs is 1. The zero-order chi connectivity index (χ0) is 21.1. The number of hydrogen-bond acceptors (Lipinski definition) is 7. The molecular weight excluding hydrogens is 404 g/mol. The zero-order valence-corrected chi connectivity index (χ0v) is 16.7. The number of nitrogens with one attached hydrogen (secondary N) is 1. The number of aryl methyl sites for hydroxylation is 1. The van der Waals surface area contributed by atoms with Gasteiger partial charge in [0, 0.05) is 11.5 Å². The third-order valence-corrected chi connectivity index (χ3v) is 5.26. The molecule has 30 heavy (non-hydrogen) atoms. The largest absolute Gasteiger partial charge is 0.461 e. The highest BCUT2D eigenvalue weighted by Crippen LogP contribution is 2.29. The topological polar surface area (TPSA) is 111 Å². The average Bonchev–Trinajstić information content (AvgIpc) is 3.28. The maximum Gasteiger partial charge on any atom is 0.293 e. The maximum absolute atomic E-state index is 12.5. The second-order valence-electron chi connectivity index (χ2n) is 6.46. The number of anilines is 1. The lowest BCUT2D eigenvalue weighted by atomic mass is 10.2. The van der Waals surface area contributed by atoms with Gasteiger partial charge in [0.2, 0.25) is 5.91 Å². The highest BCUT2D eigenvalue weighted by atomic mass is 32.2. The van der Waals surface area contributed by atoms with Crippen molar-refractivity contribution >= 4 is 39.9 Å². The number of nitro benzene ring substituents is 1. The van der Waals surface area contributed by atoms with Gasteiger partial charge in [-0.3, -0.25) is 14.9 Å². The summed E-state index contributed by atoms with van der Waals surface area (Å²) in [6.07, 6.45) is 1.54. The Hall–Kier alpha value is -3.72. The van der Waals surface area contributed by atoms with Crippen molar-refractivity contribution < 1.29 is 14.1 Å². The Morgan fingerprint density at radius 2 is 2.00 bits per heavy atom. The normalized spacial score (nSPS) is 10.8. The van der Waals surface area contributed by atoms with E-state index in [1.807, 2.05) is 24.3 Å². The molecule has 0 fully saturated rings. The molecule has 0 saturated heterocycles. The molecule has 4 aromatic rings. The fraction of sp³-hybridized carbons (Fsp3) is 0.0952. The average molecular weight is 420 g/mol. The van der Waals surface area contributed by atoms with E-state index < -0.39 is 4.92 Å². The first-order valence-electron chi connectivity index (χ1n) is 8.99. The minimum atomic E-state index is -0.511. The van der Waals surface area contributed by atoms with Crippen LogP contribution in [0.25, 0.3) is 22.5 Å². The quantitative estimate of drug-likeness (QED) is 0.206. The van der Waals surface area contributed by atoms with Gasteiger partial charge in [-0.05, 0) is 36.8 Å². The third-order valence-electron chi connectivity index (χ3n) is 4.27. The Bertz CT molecular complexity index is 1240. The lowest BCUT2D eigenvalue weighted by Crippen LogP contribution is -2.15. The summed E-state index contributed by atoms with van der Waals surface area (Å²) in [6, 6.07) is 15.7. The van der Waals surface area contributed by atoms with Gasteiger partial charge in [0.15, 0.2) is 11.6 Å². The lowest BCUT2D eigenvalue weighted by molar-refractivity contribution is -0.384. The maximum atomic E-state index is 12.5. The number of hydrogen-bond donors (Lipinski definition) is 1. The van der Waals surface area contributed by atoms with E-state index in [2.05, 4.69) is 15.3 Å². The van der Waals surface area contributed by atoms with Gasteiger partial charge in [0.25, 0.3) is 5.69 Å². The number of furan rings is 1. The molecule has 8 nitrogen and oxygen atoms in total. The molecule has 1 N–H and O–H groups in total. The van der Waals surface area contributed by atoms with Crippen LogP contribution in [0.3, 0.4) is 0 Å². The second-order valence-corrected chi connectivity index (χ2v) is 7.43. The van der Waals surface area contributed by atoms with Crippen LogP contribution in [0.4, 0.5) is 11.4 Å². The first kappa shape index (κ1) is 19.6. The molecule has 4 rings (SSSR count). The summed E-state index contributed by atoms with van der Waals surface area (Å²) >= 11 is 1.23. The van der Waals surface area contributed by atoms with Crippen LogP contribution in [0.15, 0.2) is 70.3 Å². The SMILES string of the molecule is Cc1ccc(NC(=O)CSc2nc(-c3ccco3)nc3ccccc23)c([N+](=O)[O-])c1. The smallest absolute Gasteiger partial charge is 0.293 e. The van der Waals surface area contributed by atoms with Crippen LogP contribution in [0, 0.1) is 17.0 Å². The van der Waals surface area contributed by atoms with E-state index in [4.69, 9.17) is 4.42 Å². The Kier molecular flexibility index (Phi) is 5.44. The van der Waals surface area contributed by atoms with Crippen LogP contribution in [0.5, 0.6) is 0 Å². The van der Waals surface area contributed by atoms with Gasteiger partial charge in [-0.1, -0.05) is 36.0 Å². The van der Waals surface area contributed by atoms with Gasteiger partial charge in [-0.2, -0.15) is 0 Å². The predicted molar refractivity (Wildman–Crippen MR) is 114 cm³/mol.